The first kappa shape index (κ1) is 15.6. The molecule has 3 rings (SSSR count). The average Bonchev–Trinajstić information content (AvgIpc) is 2.91. The zero-order valence-corrected chi connectivity index (χ0v) is 12.2. The number of aliphatic hydroxyl groups is 1. The predicted octanol–water partition coefficient (Wildman–Crippen LogP) is 4.10. The van der Waals surface area contributed by atoms with E-state index in [4.69, 9.17) is 5.11 Å². The molecule has 120 valence electrons. The number of aryl methyl sites for hydroxylation is 1. The van der Waals surface area contributed by atoms with Crippen LogP contribution in [-0.2, 0) is 12.7 Å². The number of nitrogens with zero attached hydrogens (tertiary/aromatic N) is 2. The summed E-state index contributed by atoms with van der Waals surface area (Å²) in [6.45, 7) is 0.590. The first-order valence-electron chi connectivity index (χ1n) is 7.24. The molecule has 23 heavy (non-hydrogen) atoms. The molecule has 1 N–H and O–H groups in total. The minimum absolute atomic E-state index is 0.0406. The Hall–Kier alpha value is -2.34. The number of rotatable bonds is 4. The normalized spacial score (nSPS) is 12.0. The van der Waals surface area contributed by atoms with Crippen LogP contribution < -0.4 is 0 Å². The van der Waals surface area contributed by atoms with Crippen molar-refractivity contribution in [2.24, 2.45) is 0 Å². The van der Waals surface area contributed by atoms with Gasteiger partial charge in [0, 0.05) is 18.7 Å². The maximum absolute atomic E-state index is 12.7. The van der Waals surface area contributed by atoms with Crippen LogP contribution in [0.2, 0.25) is 0 Å². The van der Waals surface area contributed by atoms with Gasteiger partial charge >= 0.3 is 6.18 Å². The summed E-state index contributed by atoms with van der Waals surface area (Å²) in [6.07, 6.45) is -3.80. The highest BCUT2D eigenvalue weighted by molar-refractivity contribution is 5.80. The van der Waals surface area contributed by atoms with E-state index in [-0.39, 0.29) is 6.61 Å². The Morgan fingerprint density at radius 2 is 1.70 bits per heavy atom. The maximum Gasteiger partial charge on any atom is 0.416 e. The molecule has 0 atom stereocenters. The van der Waals surface area contributed by atoms with Crippen LogP contribution in [0.1, 0.15) is 12.0 Å². The van der Waals surface area contributed by atoms with E-state index in [1.165, 1.54) is 12.1 Å². The highest BCUT2D eigenvalue weighted by atomic mass is 19.4. The average molecular weight is 320 g/mol. The summed E-state index contributed by atoms with van der Waals surface area (Å²) in [5.41, 5.74) is 1.61. The zero-order chi connectivity index (χ0) is 16.4. The molecule has 3 nitrogen and oxygen atoms in total. The summed E-state index contributed by atoms with van der Waals surface area (Å²) in [6, 6.07) is 12.5. The second kappa shape index (κ2) is 6.04. The predicted molar refractivity (Wildman–Crippen MR) is 81.9 cm³/mol. The standard InChI is InChI=1S/C17H15F3N2O/c18-17(19,20)13-8-6-12(7-9-13)16-21-14-4-1-2-5-15(14)22(16)10-3-11-23/h1-2,4-9,23H,3,10-11H2. The van der Waals surface area contributed by atoms with E-state index >= 15 is 0 Å². The molecule has 3 aromatic rings. The lowest BCUT2D eigenvalue weighted by molar-refractivity contribution is -0.137. The summed E-state index contributed by atoms with van der Waals surface area (Å²) in [5.74, 6) is 0.605. The van der Waals surface area contributed by atoms with Crippen molar-refractivity contribution in [2.75, 3.05) is 6.61 Å². The Bertz CT molecular complexity index is 807. The first-order chi connectivity index (χ1) is 11.0. The molecule has 0 bridgehead atoms. The minimum atomic E-state index is -4.35. The van der Waals surface area contributed by atoms with Crippen molar-refractivity contribution in [1.82, 2.24) is 9.55 Å². The fourth-order valence-corrected chi connectivity index (χ4v) is 2.56. The summed E-state index contributed by atoms with van der Waals surface area (Å²) in [7, 11) is 0. The van der Waals surface area contributed by atoms with Crippen LogP contribution in [0.5, 0.6) is 0 Å². The Morgan fingerprint density at radius 3 is 2.35 bits per heavy atom. The largest absolute Gasteiger partial charge is 0.416 e. The van der Waals surface area contributed by atoms with Crippen molar-refractivity contribution in [1.29, 1.82) is 0 Å². The molecular weight excluding hydrogens is 305 g/mol. The van der Waals surface area contributed by atoms with Gasteiger partial charge < -0.3 is 9.67 Å². The lowest BCUT2D eigenvalue weighted by Gasteiger charge is -2.10. The number of aliphatic hydroxyl groups excluding tert-OH is 1. The van der Waals surface area contributed by atoms with E-state index in [2.05, 4.69) is 4.98 Å². The molecule has 0 fully saturated rings. The van der Waals surface area contributed by atoms with Gasteiger partial charge in [-0.1, -0.05) is 24.3 Å². The molecular formula is C17H15F3N2O. The van der Waals surface area contributed by atoms with Crippen LogP contribution in [0, 0.1) is 0 Å². The van der Waals surface area contributed by atoms with Crippen molar-refractivity contribution >= 4 is 11.0 Å². The van der Waals surface area contributed by atoms with E-state index in [0.29, 0.717) is 24.4 Å². The van der Waals surface area contributed by atoms with Gasteiger partial charge in [-0.25, -0.2) is 4.98 Å². The first-order valence-corrected chi connectivity index (χ1v) is 7.24. The summed E-state index contributed by atoms with van der Waals surface area (Å²) < 4.78 is 40.0. The lowest BCUT2D eigenvalue weighted by atomic mass is 10.1. The highest BCUT2D eigenvalue weighted by Gasteiger charge is 2.30. The second-order valence-corrected chi connectivity index (χ2v) is 5.23. The number of imidazole rings is 1. The van der Waals surface area contributed by atoms with E-state index in [9.17, 15) is 13.2 Å². The lowest BCUT2D eigenvalue weighted by Crippen LogP contribution is -2.05. The number of benzene rings is 2. The number of para-hydroxylation sites is 2. The minimum Gasteiger partial charge on any atom is -0.396 e. The van der Waals surface area contributed by atoms with Crippen LogP contribution in [-0.4, -0.2) is 21.3 Å². The van der Waals surface area contributed by atoms with Crippen molar-refractivity contribution in [3.8, 4) is 11.4 Å². The third-order valence-corrected chi connectivity index (χ3v) is 3.66. The van der Waals surface area contributed by atoms with E-state index in [0.717, 1.165) is 23.2 Å². The van der Waals surface area contributed by atoms with E-state index in [1.54, 1.807) is 0 Å². The molecule has 2 aromatic carbocycles. The molecule has 0 spiro atoms. The molecule has 6 heteroatoms. The topological polar surface area (TPSA) is 38.0 Å². The molecule has 0 aliphatic rings. The van der Waals surface area contributed by atoms with Gasteiger partial charge in [-0.15, -0.1) is 0 Å². The SMILES string of the molecule is OCCCn1c(-c2ccc(C(F)(F)F)cc2)nc2ccccc21. The van der Waals surface area contributed by atoms with Crippen LogP contribution >= 0.6 is 0 Å². The molecule has 0 saturated carbocycles. The smallest absolute Gasteiger partial charge is 0.396 e. The van der Waals surface area contributed by atoms with Crippen LogP contribution in [0.25, 0.3) is 22.4 Å². The third-order valence-electron chi connectivity index (χ3n) is 3.66. The van der Waals surface area contributed by atoms with Gasteiger partial charge in [0.2, 0.25) is 0 Å². The Kier molecular flexibility index (Phi) is 4.09. The summed E-state index contributed by atoms with van der Waals surface area (Å²) >= 11 is 0. The van der Waals surface area contributed by atoms with Gasteiger partial charge in [0.1, 0.15) is 5.82 Å². The molecule has 0 aliphatic heterocycles. The number of hydrogen-bond donors (Lipinski definition) is 1. The Morgan fingerprint density at radius 1 is 1.00 bits per heavy atom. The number of halogens is 3. The zero-order valence-electron chi connectivity index (χ0n) is 12.2. The van der Waals surface area contributed by atoms with Gasteiger partial charge in [0.25, 0.3) is 0 Å². The van der Waals surface area contributed by atoms with Gasteiger partial charge in [-0.2, -0.15) is 13.2 Å². The number of fused-ring (bicyclic) bond motifs is 1. The van der Waals surface area contributed by atoms with Crippen molar-refractivity contribution in [3.63, 3.8) is 0 Å². The molecule has 0 radical (unpaired) electrons. The Balaban J connectivity index is 2.08. The monoisotopic (exact) mass is 320 g/mol. The molecule has 0 aliphatic carbocycles. The van der Waals surface area contributed by atoms with Gasteiger partial charge in [0.05, 0.1) is 16.6 Å². The molecule has 0 saturated heterocycles. The van der Waals surface area contributed by atoms with Crippen LogP contribution in [0.4, 0.5) is 13.2 Å². The van der Waals surface area contributed by atoms with Crippen LogP contribution in [0.3, 0.4) is 0 Å². The third kappa shape index (κ3) is 3.07. The number of hydrogen-bond acceptors (Lipinski definition) is 2. The fourth-order valence-electron chi connectivity index (χ4n) is 2.56. The highest BCUT2D eigenvalue weighted by Crippen LogP contribution is 2.31. The van der Waals surface area contributed by atoms with E-state index < -0.39 is 11.7 Å². The van der Waals surface area contributed by atoms with E-state index in [1.807, 2.05) is 28.8 Å². The number of alkyl halides is 3. The maximum atomic E-state index is 12.7. The Labute approximate surface area is 131 Å². The van der Waals surface area contributed by atoms with Gasteiger partial charge in [0.15, 0.2) is 0 Å². The van der Waals surface area contributed by atoms with Gasteiger partial charge in [-0.05, 0) is 30.7 Å². The molecule has 0 amide bonds. The molecule has 0 unspecified atom stereocenters. The quantitative estimate of drug-likeness (QED) is 0.786. The fraction of sp³-hybridized carbons (Fsp3) is 0.235. The summed E-state index contributed by atoms with van der Waals surface area (Å²) in [4.78, 5) is 4.53. The summed E-state index contributed by atoms with van der Waals surface area (Å²) in [5, 5.41) is 9.07. The van der Waals surface area contributed by atoms with Gasteiger partial charge in [-0.3, -0.25) is 0 Å². The van der Waals surface area contributed by atoms with Crippen molar-refractivity contribution < 1.29 is 18.3 Å². The van der Waals surface area contributed by atoms with Crippen LogP contribution in [0.15, 0.2) is 48.5 Å². The second-order valence-electron chi connectivity index (χ2n) is 5.23. The van der Waals surface area contributed by atoms with Crippen molar-refractivity contribution in [2.45, 2.75) is 19.1 Å². The number of aromatic nitrogens is 2. The van der Waals surface area contributed by atoms with Crippen molar-refractivity contribution in [3.05, 3.63) is 54.1 Å². The molecule has 1 heterocycles. The molecule has 1 aromatic heterocycles.